The van der Waals surface area contributed by atoms with Crippen molar-refractivity contribution in [3.63, 3.8) is 0 Å². The highest BCUT2D eigenvalue weighted by Crippen LogP contribution is 2.29. The lowest BCUT2D eigenvalue weighted by Gasteiger charge is -2.35. The smallest absolute Gasteiger partial charge is 0.326 e. The number of aromatic nitrogens is 1. The van der Waals surface area contributed by atoms with Gasteiger partial charge in [0.1, 0.15) is 6.54 Å². The van der Waals surface area contributed by atoms with E-state index in [2.05, 4.69) is 19.2 Å². The summed E-state index contributed by atoms with van der Waals surface area (Å²) < 4.78 is 6.54. The van der Waals surface area contributed by atoms with Gasteiger partial charge in [-0.25, -0.2) is 0 Å². The van der Waals surface area contributed by atoms with Crippen LogP contribution < -0.4 is 10.2 Å². The minimum absolute atomic E-state index is 0.129. The van der Waals surface area contributed by atoms with Gasteiger partial charge in [0.05, 0.1) is 0 Å². The quantitative estimate of drug-likeness (QED) is 0.822. The van der Waals surface area contributed by atoms with Crippen molar-refractivity contribution >= 4 is 23.2 Å². The second-order valence-corrected chi connectivity index (χ2v) is 7.56. The number of esters is 1. The van der Waals surface area contributed by atoms with E-state index in [-0.39, 0.29) is 23.4 Å². The van der Waals surface area contributed by atoms with Crippen LogP contribution in [0.4, 0.5) is 0 Å². The fourth-order valence-electron chi connectivity index (χ4n) is 3.10. The van der Waals surface area contributed by atoms with Gasteiger partial charge in [0.15, 0.2) is 6.10 Å². The number of ether oxygens (including phenoxy) is 1. The van der Waals surface area contributed by atoms with E-state index in [1.165, 1.54) is 11.0 Å². The van der Waals surface area contributed by atoms with Crippen LogP contribution in [0.2, 0.25) is 0 Å². The predicted octanol–water partition coefficient (Wildman–Crippen LogP) is 2.09. The van der Waals surface area contributed by atoms with Crippen LogP contribution in [0, 0.1) is 18.8 Å². The van der Waals surface area contributed by atoms with Crippen LogP contribution in [0.3, 0.4) is 0 Å². The largest absolute Gasteiger partial charge is 0.451 e. The van der Waals surface area contributed by atoms with Crippen LogP contribution in [-0.2, 0) is 20.9 Å². The average Bonchev–Trinajstić information content (AvgIpc) is 2.83. The average molecular weight is 354 g/mol. The third-order valence-corrected chi connectivity index (χ3v) is 5.86. The Morgan fingerprint density at radius 1 is 1.42 bits per heavy atom. The number of nitrogens with zero attached hydrogens (tertiary/aromatic N) is 1. The molecule has 0 aromatic carbocycles. The lowest BCUT2D eigenvalue weighted by molar-refractivity contribution is -0.155. The Kier molecular flexibility index (Phi) is 6.21. The van der Waals surface area contributed by atoms with Gasteiger partial charge < -0.3 is 10.1 Å². The molecule has 1 heterocycles. The van der Waals surface area contributed by atoms with Crippen LogP contribution in [0.25, 0.3) is 0 Å². The van der Waals surface area contributed by atoms with Gasteiger partial charge in [-0.15, -0.1) is 0 Å². The third kappa shape index (κ3) is 4.47. The molecular weight excluding hydrogens is 328 g/mol. The molecule has 4 atom stereocenters. The number of hydrogen-bond acceptors (Lipinski definition) is 5. The molecule has 2 rings (SSSR count). The molecule has 0 spiro atoms. The van der Waals surface area contributed by atoms with E-state index in [1.807, 2.05) is 0 Å². The maximum Gasteiger partial charge on any atom is 0.326 e. The van der Waals surface area contributed by atoms with Gasteiger partial charge in [0.25, 0.3) is 5.91 Å². The molecule has 1 aliphatic rings. The molecule has 0 aliphatic heterocycles. The van der Waals surface area contributed by atoms with Crippen molar-refractivity contribution in [2.45, 2.75) is 65.6 Å². The molecule has 134 valence electrons. The van der Waals surface area contributed by atoms with E-state index in [9.17, 15) is 14.4 Å². The number of carbonyl (C=O) groups excluding carboxylic acids is 2. The van der Waals surface area contributed by atoms with Gasteiger partial charge >= 0.3 is 10.8 Å². The Morgan fingerprint density at radius 3 is 2.75 bits per heavy atom. The summed E-state index contributed by atoms with van der Waals surface area (Å²) in [5.74, 6) is 0.142. The normalized spacial score (nSPS) is 25.1. The zero-order valence-corrected chi connectivity index (χ0v) is 15.5. The number of rotatable bonds is 5. The molecule has 6 nitrogen and oxygen atoms in total. The van der Waals surface area contributed by atoms with Gasteiger partial charge in [0.2, 0.25) is 0 Å². The summed E-state index contributed by atoms with van der Waals surface area (Å²) in [6.07, 6.45) is 2.38. The van der Waals surface area contributed by atoms with Crippen molar-refractivity contribution < 1.29 is 14.3 Å². The second kappa shape index (κ2) is 7.96. The molecule has 1 aromatic rings. The molecule has 0 unspecified atom stereocenters. The van der Waals surface area contributed by atoms with Crippen molar-refractivity contribution in [3.05, 3.63) is 20.7 Å². The first-order valence-electron chi connectivity index (χ1n) is 8.44. The molecule has 0 bridgehead atoms. The lowest BCUT2D eigenvalue weighted by Crippen LogP contribution is -2.47. The topological polar surface area (TPSA) is 77.4 Å². The van der Waals surface area contributed by atoms with E-state index in [0.29, 0.717) is 17.5 Å². The molecule has 0 radical (unpaired) electrons. The van der Waals surface area contributed by atoms with Gasteiger partial charge in [-0.2, -0.15) is 0 Å². The molecule has 7 heteroatoms. The highest BCUT2D eigenvalue weighted by molar-refractivity contribution is 7.07. The van der Waals surface area contributed by atoms with Crippen molar-refractivity contribution in [1.82, 2.24) is 9.88 Å². The van der Waals surface area contributed by atoms with Crippen molar-refractivity contribution in [1.29, 1.82) is 0 Å². The predicted molar refractivity (Wildman–Crippen MR) is 93.0 cm³/mol. The van der Waals surface area contributed by atoms with Gasteiger partial charge in [-0.05, 0) is 32.1 Å². The molecule has 1 fully saturated rings. The molecule has 1 amide bonds. The van der Waals surface area contributed by atoms with E-state index in [0.717, 1.165) is 24.2 Å². The lowest BCUT2D eigenvalue weighted by atomic mass is 9.78. The summed E-state index contributed by atoms with van der Waals surface area (Å²) >= 11 is 1.04. The van der Waals surface area contributed by atoms with Crippen molar-refractivity contribution in [2.24, 2.45) is 11.8 Å². The zero-order valence-electron chi connectivity index (χ0n) is 14.7. The first kappa shape index (κ1) is 18.7. The number of hydrogen-bond donors (Lipinski definition) is 1. The first-order chi connectivity index (χ1) is 11.3. The molecule has 1 N–H and O–H groups in total. The monoisotopic (exact) mass is 354 g/mol. The fraction of sp³-hybridized carbons (Fsp3) is 0.706. The Bertz CT molecular complexity index is 651. The SMILES string of the molecule is Cc1csc(=O)n1CC(=O)O[C@H](C)C(=O)N[C@H]1CCC[C@H](C)[C@@H]1C. The number of aryl methyl sites for hydroxylation is 1. The summed E-state index contributed by atoms with van der Waals surface area (Å²) in [5.41, 5.74) is 0.712. The Balaban J connectivity index is 1.87. The van der Waals surface area contributed by atoms with Crippen molar-refractivity contribution in [3.8, 4) is 0 Å². The van der Waals surface area contributed by atoms with E-state index in [4.69, 9.17) is 4.74 Å². The van der Waals surface area contributed by atoms with E-state index < -0.39 is 12.1 Å². The molecular formula is C17H26N2O4S. The van der Waals surface area contributed by atoms with Crippen LogP contribution in [0.5, 0.6) is 0 Å². The number of thiazole rings is 1. The Hall–Kier alpha value is -1.63. The number of nitrogens with one attached hydrogen (secondary N) is 1. The number of amides is 1. The van der Waals surface area contributed by atoms with Gasteiger partial charge in [0, 0.05) is 17.1 Å². The fourth-order valence-corrected chi connectivity index (χ4v) is 3.83. The highest BCUT2D eigenvalue weighted by atomic mass is 32.1. The number of carbonyl (C=O) groups is 2. The van der Waals surface area contributed by atoms with Gasteiger partial charge in [-0.1, -0.05) is 38.0 Å². The van der Waals surface area contributed by atoms with Crippen LogP contribution in [0.15, 0.2) is 10.2 Å². The van der Waals surface area contributed by atoms with Gasteiger partial charge in [-0.3, -0.25) is 19.0 Å². The molecule has 24 heavy (non-hydrogen) atoms. The van der Waals surface area contributed by atoms with Crippen molar-refractivity contribution in [2.75, 3.05) is 0 Å². The van der Waals surface area contributed by atoms with Crippen LogP contribution >= 0.6 is 11.3 Å². The molecule has 1 aliphatic carbocycles. The van der Waals surface area contributed by atoms with E-state index in [1.54, 1.807) is 19.2 Å². The molecule has 1 aromatic heterocycles. The second-order valence-electron chi connectivity index (χ2n) is 6.74. The molecule has 1 saturated carbocycles. The summed E-state index contributed by atoms with van der Waals surface area (Å²) in [5, 5.41) is 4.70. The molecule has 0 saturated heterocycles. The summed E-state index contributed by atoms with van der Waals surface area (Å²) in [4.78, 5) is 35.7. The minimum Gasteiger partial charge on any atom is -0.451 e. The maximum atomic E-state index is 12.3. The van der Waals surface area contributed by atoms with E-state index >= 15 is 0 Å². The Labute approximate surface area is 146 Å². The summed E-state index contributed by atoms with van der Waals surface area (Å²) in [6.45, 7) is 7.51. The third-order valence-electron chi connectivity index (χ3n) is 4.98. The Morgan fingerprint density at radius 2 is 2.12 bits per heavy atom. The standard InChI is InChI=1S/C17H26N2O4S/c1-10-6-5-7-14(12(10)3)18-16(21)13(4)23-15(20)8-19-11(2)9-24-17(19)22/h9-10,12-14H,5-8H2,1-4H3,(H,18,21)/t10-,12-,13+,14-/m0/s1. The maximum absolute atomic E-state index is 12.3. The summed E-state index contributed by atoms with van der Waals surface area (Å²) in [7, 11) is 0. The minimum atomic E-state index is -0.864. The highest BCUT2D eigenvalue weighted by Gasteiger charge is 2.30. The van der Waals surface area contributed by atoms with Crippen LogP contribution in [-0.4, -0.2) is 28.6 Å². The van der Waals surface area contributed by atoms with Crippen LogP contribution in [0.1, 0.15) is 45.7 Å². The first-order valence-corrected chi connectivity index (χ1v) is 9.32. The summed E-state index contributed by atoms with van der Waals surface area (Å²) in [6, 6.07) is 0.129. The zero-order chi connectivity index (χ0) is 17.9.